The zero-order valence-electron chi connectivity index (χ0n) is 6.66. The maximum atomic E-state index is 10.7. The zero-order chi connectivity index (χ0) is 9.61. The van der Waals surface area contributed by atoms with Crippen LogP contribution in [0.4, 0.5) is 4.79 Å². The summed E-state index contributed by atoms with van der Waals surface area (Å²) in [7, 11) is -2.90. The molecule has 7 nitrogen and oxygen atoms in total. The van der Waals surface area contributed by atoms with Crippen molar-refractivity contribution in [1.82, 2.24) is 9.61 Å². The van der Waals surface area contributed by atoms with Crippen molar-refractivity contribution in [2.45, 2.75) is 6.92 Å². The van der Waals surface area contributed by atoms with Crippen LogP contribution in [0.15, 0.2) is 0 Å². The number of nitrogens with one attached hydrogen (secondary N) is 2. The first-order valence-electron chi connectivity index (χ1n) is 3.01. The predicted octanol–water partition coefficient (Wildman–Crippen LogP) is -0.872. The van der Waals surface area contributed by atoms with E-state index in [0.717, 1.165) is 7.11 Å². The van der Waals surface area contributed by atoms with Gasteiger partial charge in [0.2, 0.25) is 0 Å². The number of methoxy groups -OCH3 is 1. The second-order valence-corrected chi connectivity index (χ2v) is 2.99. The summed E-state index contributed by atoms with van der Waals surface area (Å²) in [5, 5.41) is 0. The number of ether oxygens (including phenoxy) is 1. The quantitative estimate of drug-likeness (QED) is 0.572. The molecule has 0 aliphatic heterocycles. The van der Waals surface area contributed by atoms with E-state index in [1.54, 1.807) is 11.8 Å². The first-order chi connectivity index (χ1) is 5.52. The predicted molar refractivity (Wildman–Crippen MR) is 39.2 cm³/mol. The van der Waals surface area contributed by atoms with Gasteiger partial charge in [0.1, 0.15) is 0 Å². The maximum absolute atomic E-state index is 10.7. The van der Waals surface area contributed by atoms with Crippen LogP contribution in [0.25, 0.3) is 0 Å². The van der Waals surface area contributed by atoms with Crippen molar-refractivity contribution in [1.29, 1.82) is 0 Å². The summed E-state index contributed by atoms with van der Waals surface area (Å²) in [6.07, 6.45) is -1.08. The van der Waals surface area contributed by atoms with Gasteiger partial charge in [-0.2, -0.15) is 8.42 Å². The molecule has 0 aromatic heterocycles. The van der Waals surface area contributed by atoms with Crippen molar-refractivity contribution in [2.24, 2.45) is 0 Å². The number of rotatable bonds is 4. The van der Waals surface area contributed by atoms with E-state index >= 15 is 0 Å². The Bertz CT molecular complexity index is 236. The molecular formula is C4H10N2O5S. The molecule has 0 saturated heterocycles. The molecule has 72 valence electrons. The van der Waals surface area contributed by atoms with E-state index in [0.29, 0.717) is 0 Å². The van der Waals surface area contributed by atoms with E-state index in [2.05, 4.69) is 9.57 Å². The number of carbonyl (C=O) groups is 1. The van der Waals surface area contributed by atoms with Gasteiger partial charge in [-0.25, -0.2) is 9.52 Å². The summed E-state index contributed by atoms with van der Waals surface area (Å²) < 4.78 is 27.0. The van der Waals surface area contributed by atoms with Crippen LogP contribution < -0.4 is 9.61 Å². The van der Waals surface area contributed by atoms with Crippen molar-refractivity contribution >= 4 is 16.3 Å². The lowest BCUT2D eigenvalue weighted by atomic mass is 10.9. The summed E-state index contributed by atoms with van der Waals surface area (Å²) in [5.41, 5.74) is 0. The van der Waals surface area contributed by atoms with Crippen molar-refractivity contribution in [3.05, 3.63) is 0 Å². The maximum Gasteiger partial charge on any atom is 0.421 e. The highest BCUT2D eigenvalue weighted by Crippen LogP contribution is 1.79. The minimum Gasteiger partial charge on any atom is -0.452 e. The standard InChI is InChI=1S/C4H10N2O5S/c1-3-11-6-12(8,9)5-4(7)10-2/h6H,3H2,1-2H3,(H,5,7). The Hall–Kier alpha value is -0.860. The molecule has 0 saturated carbocycles. The van der Waals surface area contributed by atoms with Crippen LogP contribution in [-0.2, 0) is 19.8 Å². The number of hydrogen-bond donors (Lipinski definition) is 2. The second kappa shape index (κ2) is 4.91. The van der Waals surface area contributed by atoms with Crippen LogP contribution in [0.3, 0.4) is 0 Å². The SMILES string of the molecule is CCONS(=O)(=O)NC(=O)OC. The number of hydrogen-bond acceptors (Lipinski definition) is 5. The van der Waals surface area contributed by atoms with E-state index in [1.807, 2.05) is 0 Å². The fourth-order valence-corrected chi connectivity index (χ4v) is 0.926. The van der Waals surface area contributed by atoms with Gasteiger partial charge in [0.25, 0.3) is 0 Å². The van der Waals surface area contributed by atoms with Crippen LogP contribution in [0.1, 0.15) is 6.92 Å². The van der Waals surface area contributed by atoms with E-state index in [9.17, 15) is 13.2 Å². The summed E-state index contributed by atoms with van der Waals surface area (Å²) in [6.45, 7) is 1.74. The lowest BCUT2D eigenvalue weighted by molar-refractivity contribution is 0.104. The van der Waals surface area contributed by atoms with Crippen molar-refractivity contribution in [3.8, 4) is 0 Å². The third kappa shape index (κ3) is 4.88. The van der Waals surface area contributed by atoms with Gasteiger partial charge < -0.3 is 4.74 Å². The van der Waals surface area contributed by atoms with E-state index < -0.39 is 16.3 Å². The summed E-state index contributed by atoms with van der Waals surface area (Å²) in [5.74, 6) is 0. The van der Waals surface area contributed by atoms with Crippen molar-refractivity contribution in [3.63, 3.8) is 0 Å². The molecule has 0 fully saturated rings. The molecule has 0 atom stereocenters. The number of amides is 1. The molecule has 0 unspecified atom stereocenters. The minimum atomic E-state index is -3.95. The van der Waals surface area contributed by atoms with Gasteiger partial charge in [-0.3, -0.25) is 4.84 Å². The summed E-state index contributed by atoms with van der Waals surface area (Å²) >= 11 is 0. The van der Waals surface area contributed by atoms with Gasteiger partial charge in [0.05, 0.1) is 13.7 Å². The average Bonchev–Trinajstić information content (AvgIpc) is 2.00. The highest BCUT2D eigenvalue weighted by atomic mass is 32.2. The first-order valence-corrected chi connectivity index (χ1v) is 4.49. The fraction of sp³-hybridized carbons (Fsp3) is 0.750. The van der Waals surface area contributed by atoms with Crippen LogP contribution in [0.5, 0.6) is 0 Å². The molecule has 12 heavy (non-hydrogen) atoms. The smallest absolute Gasteiger partial charge is 0.421 e. The Morgan fingerprint density at radius 3 is 2.50 bits per heavy atom. The van der Waals surface area contributed by atoms with Gasteiger partial charge in [0.15, 0.2) is 0 Å². The number of carbonyl (C=O) groups excluding carboxylic acids is 1. The molecule has 0 aromatic rings. The highest BCUT2D eigenvalue weighted by Gasteiger charge is 2.13. The van der Waals surface area contributed by atoms with Crippen LogP contribution >= 0.6 is 0 Å². The van der Waals surface area contributed by atoms with Crippen molar-refractivity contribution in [2.75, 3.05) is 13.7 Å². The topological polar surface area (TPSA) is 93.7 Å². The van der Waals surface area contributed by atoms with Crippen LogP contribution in [0, 0.1) is 0 Å². The van der Waals surface area contributed by atoms with E-state index in [1.165, 1.54) is 4.72 Å². The van der Waals surface area contributed by atoms with Gasteiger partial charge in [-0.15, -0.1) is 0 Å². The lowest BCUT2D eigenvalue weighted by Crippen LogP contribution is -2.40. The third-order valence-corrected chi connectivity index (χ3v) is 1.49. The molecule has 8 heteroatoms. The van der Waals surface area contributed by atoms with Gasteiger partial charge >= 0.3 is 16.3 Å². The van der Waals surface area contributed by atoms with E-state index in [-0.39, 0.29) is 6.61 Å². The molecule has 0 radical (unpaired) electrons. The highest BCUT2D eigenvalue weighted by molar-refractivity contribution is 7.87. The molecule has 0 aliphatic rings. The Balaban J connectivity index is 3.96. The molecule has 1 amide bonds. The van der Waals surface area contributed by atoms with Crippen LogP contribution in [0.2, 0.25) is 0 Å². The molecule has 0 bridgehead atoms. The third-order valence-electron chi connectivity index (χ3n) is 0.716. The van der Waals surface area contributed by atoms with Gasteiger partial charge in [-0.05, 0) is 6.92 Å². The average molecular weight is 198 g/mol. The molecule has 0 heterocycles. The molecular weight excluding hydrogens is 188 g/mol. The molecule has 0 aromatic carbocycles. The fourth-order valence-electron chi connectivity index (χ4n) is 0.309. The first kappa shape index (κ1) is 11.1. The Morgan fingerprint density at radius 1 is 1.50 bits per heavy atom. The zero-order valence-corrected chi connectivity index (χ0v) is 7.47. The Kier molecular flexibility index (Phi) is 4.55. The summed E-state index contributed by atoms with van der Waals surface area (Å²) in [6, 6.07) is 0. The summed E-state index contributed by atoms with van der Waals surface area (Å²) in [4.78, 5) is 16.4. The second-order valence-electron chi connectivity index (χ2n) is 1.61. The lowest BCUT2D eigenvalue weighted by Gasteiger charge is -2.05. The van der Waals surface area contributed by atoms with Gasteiger partial charge in [-0.1, -0.05) is 4.89 Å². The van der Waals surface area contributed by atoms with Crippen LogP contribution in [-0.4, -0.2) is 28.2 Å². The molecule has 0 spiro atoms. The van der Waals surface area contributed by atoms with Crippen molar-refractivity contribution < 1.29 is 22.8 Å². The Morgan fingerprint density at radius 2 is 2.08 bits per heavy atom. The molecule has 0 rings (SSSR count). The molecule has 2 N–H and O–H groups in total. The largest absolute Gasteiger partial charge is 0.452 e. The van der Waals surface area contributed by atoms with E-state index in [4.69, 9.17) is 0 Å². The monoisotopic (exact) mass is 198 g/mol. The molecule has 0 aliphatic carbocycles. The Labute approximate surface area is 70.2 Å². The normalized spacial score (nSPS) is 10.8. The van der Waals surface area contributed by atoms with Gasteiger partial charge in [0, 0.05) is 0 Å². The minimum absolute atomic E-state index is 0.155.